The van der Waals surface area contributed by atoms with E-state index in [1.54, 1.807) is 0 Å². The molecule has 1 N–H and O–H groups in total. The van der Waals surface area contributed by atoms with Crippen LogP contribution in [0.15, 0.2) is 0 Å². The zero-order chi connectivity index (χ0) is 3.41. The first-order chi connectivity index (χ1) is 1.91. The average molecular weight is 88.5 g/mol. The Hall–Kier alpha value is 0.847. The van der Waals surface area contributed by atoms with Crippen LogP contribution in [-0.4, -0.2) is 36.5 Å². The van der Waals surface area contributed by atoms with Crippen molar-refractivity contribution in [2.75, 3.05) is 12.5 Å². The molecule has 0 radical (unpaired) electrons. The van der Waals surface area contributed by atoms with Gasteiger partial charge < -0.3 is 5.11 Å². The van der Waals surface area contributed by atoms with Gasteiger partial charge >= 0.3 is 18.9 Å². The molecule has 0 aliphatic carbocycles. The fraction of sp³-hybridized carbons (Fsp3) is 1.00. The van der Waals surface area contributed by atoms with Gasteiger partial charge in [-0.15, -0.1) is 11.6 Å². The Balaban J connectivity index is 0. The van der Waals surface area contributed by atoms with Crippen LogP contribution in [0, 0.1) is 0 Å². The molecule has 0 saturated carbocycles. The summed E-state index contributed by atoms with van der Waals surface area (Å²) < 4.78 is 0. The van der Waals surface area contributed by atoms with E-state index in [2.05, 4.69) is 0 Å². The molecule has 0 spiro atoms. The monoisotopic (exact) mass is 88.0 g/mol. The number of hydrogen-bond donors (Lipinski definition) is 1. The molecule has 0 rings (SSSR count). The Morgan fingerprint density at radius 3 is 1.80 bits per heavy atom. The van der Waals surface area contributed by atoms with Gasteiger partial charge in [-0.25, -0.2) is 0 Å². The zero-order valence-electron chi connectivity index (χ0n) is 2.24. The van der Waals surface area contributed by atoms with Crippen LogP contribution in [0.1, 0.15) is 0 Å². The van der Waals surface area contributed by atoms with Gasteiger partial charge in [-0.3, -0.25) is 0 Å². The minimum atomic E-state index is 0. The van der Waals surface area contributed by atoms with Gasteiger partial charge in [-0.2, -0.15) is 0 Å². The second-order valence-corrected chi connectivity index (χ2v) is 0.791. The summed E-state index contributed by atoms with van der Waals surface area (Å²) in [7, 11) is 0. The van der Waals surface area contributed by atoms with E-state index < -0.39 is 0 Å². The van der Waals surface area contributed by atoms with Gasteiger partial charge in [0.1, 0.15) is 0 Å². The summed E-state index contributed by atoms with van der Waals surface area (Å²) in [5.74, 6) is 0.347. The molecule has 28 valence electrons. The molecule has 0 fully saturated rings. The van der Waals surface area contributed by atoms with Crippen molar-refractivity contribution in [3.8, 4) is 0 Å². The molecule has 0 aromatic rings. The normalized spacial score (nSPS) is 6.00. The Labute approximate surface area is 48.5 Å². The van der Waals surface area contributed by atoms with Gasteiger partial charge in [0.05, 0.1) is 6.61 Å². The third-order valence-corrected chi connectivity index (χ3v) is 0.254. The van der Waals surface area contributed by atoms with Crippen LogP contribution >= 0.6 is 11.6 Å². The first-order valence-corrected chi connectivity index (χ1v) is 1.62. The fourth-order valence-electron chi connectivity index (χ4n) is 0. The van der Waals surface area contributed by atoms with Gasteiger partial charge in [-0.1, -0.05) is 0 Å². The summed E-state index contributed by atoms with van der Waals surface area (Å²) in [6.45, 7) is 0.0849. The van der Waals surface area contributed by atoms with E-state index in [-0.39, 0.29) is 25.5 Å². The van der Waals surface area contributed by atoms with Gasteiger partial charge in [0, 0.05) is 5.88 Å². The first-order valence-electron chi connectivity index (χ1n) is 1.08. The standard InChI is InChI=1S/C2H5ClO.Li.H/c3-1-2-4;;/h4H,1-2H2;;. The summed E-state index contributed by atoms with van der Waals surface area (Å²) in [6.07, 6.45) is 0. The minimum absolute atomic E-state index is 0. The molecule has 0 saturated heterocycles. The molecule has 0 amide bonds. The van der Waals surface area contributed by atoms with Crippen LogP contribution in [0.25, 0.3) is 0 Å². The molecule has 0 aromatic heterocycles. The predicted molar refractivity (Wildman–Crippen MR) is 25.0 cm³/mol. The number of hydrogen-bond acceptors (Lipinski definition) is 1. The predicted octanol–water partition coefficient (Wildman–Crippen LogP) is -0.431. The van der Waals surface area contributed by atoms with Crippen LogP contribution in [0.3, 0.4) is 0 Å². The first kappa shape index (κ1) is 9.28. The molecule has 3 heteroatoms. The van der Waals surface area contributed by atoms with E-state index in [0.717, 1.165) is 0 Å². The van der Waals surface area contributed by atoms with Crippen LogP contribution in [0.5, 0.6) is 0 Å². The van der Waals surface area contributed by atoms with Crippen LogP contribution in [-0.2, 0) is 0 Å². The van der Waals surface area contributed by atoms with Crippen molar-refractivity contribution in [1.82, 2.24) is 0 Å². The average Bonchev–Trinajstić information content (AvgIpc) is 1.37. The van der Waals surface area contributed by atoms with Gasteiger partial charge in [0.2, 0.25) is 0 Å². The molecule has 0 heterocycles. The van der Waals surface area contributed by atoms with Gasteiger partial charge in [0.25, 0.3) is 0 Å². The summed E-state index contributed by atoms with van der Waals surface area (Å²) >= 11 is 4.94. The SMILES string of the molecule is OCCCl.[LiH]. The molecular weight excluding hydrogens is 82.4 g/mol. The molecule has 0 unspecified atom stereocenters. The van der Waals surface area contributed by atoms with Crippen molar-refractivity contribution in [1.29, 1.82) is 0 Å². The van der Waals surface area contributed by atoms with Gasteiger partial charge in [-0.05, 0) is 0 Å². The van der Waals surface area contributed by atoms with E-state index in [1.807, 2.05) is 0 Å². The number of rotatable bonds is 1. The van der Waals surface area contributed by atoms with Crippen molar-refractivity contribution in [3.63, 3.8) is 0 Å². The third kappa shape index (κ3) is 11.5. The van der Waals surface area contributed by atoms with E-state index in [9.17, 15) is 0 Å². The number of halogens is 1. The molecular formula is C2H6ClLiO. The van der Waals surface area contributed by atoms with Crippen LogP contribution in [0.4, 0.5) is 0 Å². The molecule has 0 atom stereocenters. The summed E-state index contributed by atoms with van der Waals surface area (Å²) in [5.41, 5.74) is 0. The Morgan fingerprint density at radius 1 is 1.60 bits per heavy atom. The number of aliphatic hydroxyl groups is 1. The quantitative estimate of drug-likeness (QED) is 0.341. The molecule has 0 bridgehead atoms. The summed E-state index contributed by atoms with van der Waals surface area (Å²) in [6, 6.07) is 0. The van der Waals surface area contributed by atoms with Crippen molar-refractivity contribution in [2.45, 2.75) is 0 Å². The van der Waals surface area contributed by atoms with Crippen molar-refractivity contribution in [3.05, 3.63) is 0 Å². The summed E-state index contributed by atoms with van der Waals surface area (Å²) in [5, 5.41) is 7.74. The van der Waals surface area contributed by atoms with Crippen LogP contribution in [0.2, 0.25) is 0 Å². The van der Waals surface area contributed by atoms with Crippen molar-refractivity contribution in [2.24, 2.45) is 0 Å². The van der Waals surface area contributed by atoms with Crippen molar-refractivity contribution >= 4 is 30.5 Å². The number of alkyl halides is 1. The molecule has 0 aliphatic heterocycles. The number of aliphatic hydroxyl groups excluding tert-OH is 1. The molecule has 0 aliphatic rings. The zero-order valence-corrected chi connectivity index (χ0v) is 3.00. The molecule has 1 nitrogen and oxygen atoms in total. The van der Waals surface area contributed by atoms with E-state index >= 15 is 0 Å². The fourth-order valence-corrected chi connectivity index (χ4v) is 0. The Bertz CT molecular complexity index is 11.6. The Morgan fingerprint density at radius 2 is 1.80 bits per heavy atom. The van der Waals surface area contributed by atoms with E-state index in [0.29, 0.717) is 5.88 Å². The summed E-state index contributed by atoms with van der Waals surface area (Å²) in [4.78, 5) is 0. The Kier molecular flexibility index (Phi) is 16.4. The van der Waals surface area contributed by atoms with E-state index in [4.69, 9.17) is 16.7 Å². The topological polar surface area (TPSA) is 20.2 Å². The second-order valence-electron chi connectivity index (χ2n) is 0.413. The van der Waals surface area contributed by atoms with Crippen LogP contribution < -0.4 is 0 Å². The second kappa shape index (κ2) is 8.85. The van der Waals surface area contributed by atoms with E-state index in [1.165, 1.54) is 0 Å². The molecule has 0 aromatic carbocycles. The molecule has 5 heavy (non-hydrogen) atoms. The van der Waals surface area contributed by atoms with Crippen molar-refractivity contribution < 1.29 is 5.11 Å². The van der Waals surface area contributed by atoms with Gasteiger partial charge in [0.15, 0.2) is 0 Å². The third-order valence-electron chi connectivity index (χ3n) is 0.0845. The maximum absolute atomic E-state index is 7.74. The maximum atomic E-state index is 7.74.